The molecule has 0 spiro atoms. The van der Waals surface area contributed by atoms with Gasteiger partial charge in [0.2, 0.25) is 10.0 Å². The van der Waals surface area contributed by atoms with Crippen LogP contribution >= 0.6 is 0 Å². The van der Waals surface area contributed by atoms with E-state index in [1.54, 1.807) is 19.9 Å². The molecule has 0 aliphatic heterocycles. The second-order valence-electron chi connectivity index (χ2n) is 6.26. The topological polar surface area (TPSA) is 120 Å². The van der Waals surface area contributed by atoms with Gasteiger partial charge in [0.05, 0.1) is 31.9 Å². The van der Waals surface area contributed by atoms with Gasteiger partial charge in [-0.05, 0) is 44.2 Å². The number of hydrogen-bond acceptors (Lipinski definition) is 7. The summed E-state index contributed by atoms with van der Waals surface area (Å²) in [7, 11) is -3.90. The van der Waals surface area contributed by atoms with E-state index in [-0.39, 0.29) is 33.0 Å². The Morgan fingerprint density at radius 3 is 1.97 bits per heavy atom. The third-order valence-corrected chi connectivity index (χ3v) is 6.82. The van der Waals surface area contributed by atoms with Crippen molar-refractivity contribution in [3.05, 3.63) is 36.4 Å². The molecule has 9 nitrogen and oxygen atoms in total. The van der Waals surface area contributed by atoms with E-state index in [4.69, 9.17) is 14.2 Å². The molecule has 0 radical (unpaired) electrons. The van der Waals surface area contributed by atoms with Gasteiger partial charge < -0.3 is 14.2 Å². The molecule has 0 saturated heterocycles. The van der Waals surface area contributed by atoms with Gasteiger partial charge in [-0.15, -0.1) is 0 Å². The van der Waals surface area contributed by atoms with E-state index in [0.717, 1.165) is 0 Å². The molecular formula is C18H24N2O7S2. The molecule has 2 aromatic rings. The Hall–Kier alpha value is -2.50. The van der Waals surface area contributed by atoms with Crippen LogP contribution in [-0.2, 0) is 20.0 Å². The number of anilines is 1. The SMILES string of the molecule is COc1ccc(OC)c(S(=O)(=O)Nc2cc(S(=O)(=O)NC(C)C)ccc2OC)c1. The van der Waals surface area contributed by atoms with Crippen molar-refractivity contribution in [3.63, 3.8) is 0 Å². The fourth-order valence-electron chi connectivity index (χ4n) is 2.51. The van der Waals surface area contributed by atoms with Crippen LogP contribution in [0.5, 0.6) is 17.2 Å². The van der Waals surface area contributed by atoms with Crippen LogP contribution in [0.25, 0.3) is 0 Å². The molecule has 11 heteroatoms. The van der Waals surface area contributed by atoms with Crippen LogP contribution in [0.2, 0.25) is 0 Å². The van der Waals surface area contributed by atoms with Gasteiger partial charge in [-0.3, -0.25) is 4.72 Å². The van der Waals surface area contributed by atoms with Gasteiger partial charge in [0, 0.05) is 12.1 Å². The van der Waals surface area contributed by atoms with Gasteiger partial charge in [-0.2, -0.15) is 0 Å². The van der Waals surface area contributed by atoms with Gasteiger partial charge in [-0.1, -0.05) is 0 Å². The molecule has 0 heterocycles. The van der Waals surface area contributed by atoms with Crippen molar-refractivity contribution >= 4 is 25.7 Å². The van der Waals surface area contributed by atoms with Crippen LogP contribution in [-0.4, -0.2) is 44.2 Å². The van der Waals surface area contributed by atoms with Gasteiger partial charge in [0.25, 0.3) is 10.0 Å². The first kappa shape index (κ1) is 22.8. The molecule has 2 N–H and O–H groups in total. The molecule has 0 bridgehead atoms. The molecule has 0 fully saturated rings. The molecular weight excluding hydrogens is 420 g/mol. The molecule has 0 aliphatic rings. The predicted octanol–water partition coefficient (Wildman–Crippen LogP) is 2.20. The molecule has 0 amide bonds. The van der Waals surface area contributed by atoms with E-state index < -0.39 is 20.0 Å². The van der Waals surface area contributed by atoms with E-state index in [0.29, 0.717) is 5.75 Å². The standard InChI is InChI=1S/C18H24N2O7S2/c1-12(2)19-28(21,22)14-7-9-16(26-4)15(11-14)20-29(23,24)18-10-13(25-3)6-8-17(18)27-5/h6-12,19-20H,1-5H3. The summed E-state index contributed by atoms with van der Waals surface area (Å²) in [4.78, 5) is -0.280. The fraction of sp³-hybridized carbons (Fsp3) is 0.333. The predicted molar refractivity (Wildman–Crippen MR) is 109 cm³/mol. The molecule has 2 rings (SSSR count). The summed E-state index contributed by atoms with van der Waals surface area (Å²) in [5.41, 5.74) is -0.0380. The average molecular weight is 445 g/mol. The molecule has 2 aromatic carbocycles. The first-order chi connectivity index (χ1) is 13.5. The molecule has 0 aromatic heterocycles. The number of rotatable bonds is 9. The average Bonchev–Trinajstić information content (AvgIpc) is 2.66. The Morgan fingerprint density at radius 2 is 1.41 bits per heavy atom. The quantitative estimate of drug-likeness (QED) is 0.608. The number of methoxy groups -OCH3 is 3. The highest BCUT2D eigenvalue weighted by Gasteiger charge is 2.24. The van der Waals surface area contributed by atoms with Gasteiger partial charge in [0.1, 0.15) is 22.1 Å². The number of sulfonamides is 2. The lowest BCUT2D eigenvalue weighted by molar-refractivity contribution is 0.392. The lowest BCUT2D eigenvalue weighted by Crippen LogP contribution is -2.30. The Morgan fingerprint density at radius 1 is 0.793 bits per heavy atom. The zero-order chi connectivity index (χ0) is 21.8. The van der Waals surface area contributed by atoms with Crippen molar-refractivity contribution in [2.75, 3.05) is 26.1 Å². The fourth-order valence-corrected chi connectivity index (χ4v) is 5.03. The van der Waals surface area contributed by atoms with Crippen LogP contribution in [0.4, 0.5) is 5.69 Å². The molecule has 0 unspecified atom stereocenters. The first-order valence-electron chi connectivity index (χ1n) is 8.49. The maximum absolute atomic E-state index is 13.0. The first-order valence-corrected chi connectivity index (χ1v) is 11.5. The number of benzene rings is 2. The highest BCUT2D eigenvalue weighted by Crippen LogP contribution is 2.33. The third kappa shape index (κ3) is 5.31. The van der Waals surface area contributed by atoms with Crippen molar-refractivity contribution in [3.8, 4) is 17.2 Å². The number of hydrogen-bond donors (Lipinski definition) is 2. The largest absolute Gasteiger partial charge is 0.497 e. The summed E-state index contributed by atoms with van der Waals surface area (Å²) in [5, 5.41) is 0. The van der Waals surface area contributed by atoms with Gasteiger partial charge >= 0.3 is 0 Å². The maximum Gasteiger partial charge on any atom is 0.265 e. The normalized spacial score (nSPS) is 11.9. The van der Waals surface area contributed by atoms with Crippen LogP contribution < -0.4 is 23.7 Å². The second-order valence-corrected chi connectivity index (χ2v) is 9.63. The summed E-state index contributed by atoms with van der Waals surface area (Å²) >= 11 is 0. The van der Waals surface area contributed by atoms with E-state index in [2.05, 4.69) is 9.44 Å². The molecule has 29 heavy (non-hydrogen) atoms. The van der Waals surface area contributed by atoms with Crippen molar-refractivity contribution in [1.29, 1.82) is 0 Å². The Balaban J connectivity index is 2.54. The molecule has 160 valence electrons. The number of nitrogens with one attached hydrogen (secondary N) is 2. The Kier molecular flexibility index (Phi) is 6.98. The molecule has 0 aliphatic carbocycles. The second kappa shape index (κ2) is 8.89. The van der Waals surface area contributed by atoms with Crippen molar-refractivity contribution in [2.24, 2.45) is 0 Å². The summed E-state index contributed by atoms with van der Waals surface area (Å²) in [5.74, 6) is 0.567. The minimum atomic E-state index is -4.16. The van der Waals surface area contributed by atoms with Crippen LogP contribution in [0.15, 0.2) is 46.2 Å². The van der Waals surface area contributed by atoms with E-state index in [1.807, 2.05) is 0 Å². The van der Waals surface area contributed by atoms with Crippen LogP contribution in [0, 0.1) is 0 Å². The Labute approximate surface area is 171 Å². The molecule has 0 atom stereocenters. The molecule has 0 saturated carbocycles. The van der Waals surface area contributed by atoms with Crippen LogP contribution in [0.3, 0.4) is 0 Å². The van der Waals surface area contributed by atoms with E-state index >= 15 is 0 Å². The zero-order valence-electron chi connectivity index (χ0n) is 16.7. The minimum absolute atomic E-state index is 0.0380. The van der Waals surface area contributed by atoms with Crippen molar-refractivity contribution in [1.82, 2.24) is 4.72 Å². The summed E-state index contributed by atoms with van der Waals surface area (Å²) in [6.07, 6.45) is 0. The minimum Gasteiger partial charge on any atom is -0.497 e. The summed E-state index contributed by atoms with van der Waals surface area (Å²) in [6, 6.07) is 7.87. The lowest BCUT2D eigenvalue weighted by atomic mass is 10.3. The monoisotopic (exact) mass is 444 g/mol. The summed E-state index contributed by atoms with van der Waals surface area (Å²) < 4.78 is 71.1. The highest BCUT2D eigenvalue weighted by molar-refractivity contribution is 7.93. The lowest BCUT2D eigenvalue weighted by Gasteiger charge is -2.16. The van der Waals surface area contributed by atoms with Crippen molar-refractivity contribution in [2.45, 2.75) is 29.7 Å². The number of ether oxygens (including phenoxy) is 3. The van der Waals surface area contributed by atoms with Gasteiger partial charge in [0.15, 0.2) is 0 Å². The maximum atomic E-state index is 13.0. The van der Waals surface area contributed by atoms with E-state index in [9.17, 15) is 16.8 Å². The highest BCUT2D eigenvalue weighted by atomic mass is 32.2. The summed E-state index contributed by atoms with van der Waals surface area (Å²) in [6.45, 7) is 3.36. The van der Waals surface area contributed by atoms with Crippen molar-refractivity contribution < 1.29 is 31.0 Å². The van der Waals surface area contributed by atoms with Crippen LogP contribution in [0.1, 0.15) is 13.8 Å². The zero-order valence-corrected chi connectivity index (χ0v) is 18.3. The smallest absolute Gasteiger partial charge is 0.265 e. The Bertz CT molecular complexity index is 1080. The van der Waals surface area contributed by atoms with Gasteiger partial charge in [-0.25, -0.2) is 21.6 Å². The van der Waals surface area contributed by atoms with E-state index in [1.165, 1.54) is 51.7 Å². The third-order valence-electron chi connectivity index (χ3n) is 3.78.